The number of rotatable bonds is 8. The van der Waals surface area contributed by atoms with Crippen molar-refractivity contribution in [1.29, 1.82) is 0 Å². The number of nitrogens with one attached hydrogen (secondary N) is 1. The van der Waals surface area contributed by atoms with E-state index in [4.69, 9.17) is 9.47 Å². The van der Waals surface area contributed by atoms with E-state index in [1.807, 2.05) is 38.1 Å². The summed E-state index contributed by atoms with van der Waals surface area (Å²) in [6, 6.07) is 7.41. The highest BCUT2D eigenvalue weighted by atomic mass is 79.9. The van der Waals surface area contributed by atoms with E-state index in [1.165, 1.54) is 0 Å². The maximum absolute atomic E-state index is 12.5. The van der Waals surface area contributed by atoms with Crippen molar-refractivity contribution in [3.63, 3.8) is 0 Å². The van der Waals surface area contributed by atoms with E-state index in [9.17, 15) is 4.79 Å². The van der Waals surface area contributed by atoms with Gasteiger partial charge in [0.15, 0.2) is 0 Å². The molecule has 0 unspecified atom stereocenters. The van der Waals surface area contributed by atoms with E-state index in [0.717, 1.165) is 29.6 Å². The molecular weight excluding hydrogens is 334 g/mol. The van der Waals surface area contributed by atoms with Crippen LogP contribution in [0, 0.1) is 5.92 Å². The fourth-order valence-electron chi connectivity index (χ4n) is 2.35. The molecule has 0 aromatic heterocycles. The Balaban J connectivity index is 1.98. The van der Waals surface area contributed by atoms with Crippen LogP contribution >= 0.6 is 15.9 Å². The summed E-state index contributed by atoms with van der Waals surface area (Å²) in [4.78, 5) is 12.5. The minimum absolute atomic E-state index is 0.0685. The van der Waals surface area contributed by atoms with Gasteiger partial charge in [0.05, 0.1) is 6.61 Å². The van der Waals surface area contributed by atoms with E-state index >= 15 is 0 Å². The summed E-state index contributed by atoms with van der Waals surface area (Å²) < 4.78 is 11.2. The molecular formula is C16H22BrNO3. The third kappa shape index (κ3) is 4.20. The largest absolute Gasteiger partial charge is 0.493 e. The average molecular weight is 356 g/mol. The number of hydrogen-bond acceptors (Lipinski definition) is 3. The number of amides is 1. The van der Waals surface area contributed by atoms with Gasteiger partial charge in [-0.1, -0.05) is 15.9 Å². The lowest BCUT2D eigenvalue weighted by atomic mass is 9.99. The zero-order chi connectivity index (χ0) is 15.3. The summed E-state index contributed by atoms with van der Waals surface area (Å²) in [6.07, 6.45) is 2.12. The quantitative estimate of drug-likeness (QED) is 0.724. The molecule has 1 aliphatic rings. The van der Waals surface area contributed by atoms with Gasteiger partial charge in [0.25, 0.3) is 5.91 Å². The van der Waals surface area contributed by atoms with Crippen molar-refractivity contribution in [3.05, 3.63) is 24.3 Å². The van der Waals surface area contributed by atoms with Crippen LogP contribution in [0.1, 0.15) is 26.7 Å². The molecule has 0 saturated heterocycles. The predicted molar refractivity (Wildman–Crippen MR) is 87.1 cm³/mol. The first-order chi connectivity index (χ1) is 10.1. The van der Waals surface area contributed by atoms with E-state index in [0.29, 0.717) is 19.1 Å². The molecule has 0 bridgehead atoms. The minimum Gasteiger partial charge on any atom is -0.493 e. The van der Waals surface area contributed by atoms with Crippen molar-refractivity contribution < 1.29 is 14.3 Å². The Morgan fingerprint density at radius 2 is 2.05 bits per heavy atom. The van der Waals surface area contributed by atoms with Crippen molar-refractivity contribution in [1.82, 2.24) is 0 Å². The molecule has 1 amide bonds. The number of halogens is 1. The Kier molecular flexibility index (Phi) is 5.65. The third-order valence-corrected chi connectivity index (χ3v) is 4.03. The van der Waals surface area contributed by atoms with Gasteiger partial charge in [0.1, 0.15) is 11.4 Å². The van der Waals surface area contributed by atoms with Gasteiger partial charge in [-0.2, -0.15) is 0 Å². The van der Waals surface area contributed by atoms with E-state index < -0.39 is 5.60 Å². The smallest absolute Gasteiger partial charge is 0.256 e. The molecule has 4 nitrogen and oxygen atoms in total. The normalized spacial score (nSPS) is 17.1. The van der Waals surface area contributed by atoms with Crippen LogP contribution in [0.2, 0.25) is 0 Å². The third-order valence-electron chi connectivity index (χ3n) is 3.71. The van der Waals surface area contributed by atoms with Crippen LogP contribution in [-0.4, -0.2) is 30.1 Å². The molecule has 2 rings (SSSR count). The summed E-state index contributed by atoms with van der Waals surface area (Å²) in [5.74, 6) is 1.06. The standard InChI is InChI=1S/C16H22BrNO3/c1-3-21-16(2,12-4-5-12)15(19)18-13-6-8-14(9-7-13)20-11-10-17/h6-9,12H,3-5,10-11H2,1-2H3,(H,18,19)/t16-/m1/s1. The van der Waals surface area contributed by atoms with Gasteiger partial charge < -0.3 is 14.8 Å². The first kappa shape index (κ1) is 16.3. The number of anilines is 1. The highest BCUT2D eigenvalue weighted by molar-refractivity contribution is 9.09. The molecule has 1 N–H and O–H groups in total. The van der Waals surface area contributed by atoms with Crippen LogP contribution in [0.4, 0.5) is 5.69 Å². The van der Waals surface area contributed by atoms with Crippen molar-refractivity contribution in [2.45, 2.75) is 32.3 Å². The summed E-state index contributed by atoms with van der Waals surface area (Å²) in [5.41, 5.74) is 0.0395. The van der Waals surface area contributed by atoms with Gasteiger partial charge >= 0.3 is 0 Å². The number of hydrogen-bond donors (Lipinski definition) is 1. The average Bonchev–Trinajstić information content (AvgIpc) is 3.31. The second-order valence-electron chi connectivity index (χ2n) is 5.33. The zero-order valence-electron chi connectivity index (χ0n) is 12.5. The summed E-state index contributed by atoms with van der Waals surface area (Å²) in [6.45, 7) is 4.97. The minimum atomic E-state index is -0.722. The van der Waals surface area contributed by atoms with E-state index in [2.05, 4.69) is 21.2 Å². The molecule has 116 valence electrons. The van der Waals surface area contributed by atoms with Gasteiger partial charge in [0.2, 0.25) is 0 Å². The Hall–Kier alpha value is -1.07. The molecule has 1 atom stereocenters. The fourth-order valence-corrected chi connectivity index (χ4v) is 2.51. The summed E-state index contributed by atoms with van der Waals surface area (Å²) >= 11 is 3.31. The molecule has 0 aliphatic heterocycles. The molecule has 1 aromatic carbocycles. The maximum Gasteiger partial charge on any atom is 0.256 e. The lowest BCUT2D eigenvalue weighted by Crippen LogP contribution is -2.44. The molecule has 0 heterocycles. The van der Waals surface area contributed by atoms with E-state index in [1.54, 1.807) is 0 Å². The van der Waals surface area contributed by atoms with Crippen LogP contribution in [-0.2, 0) is 9.53 Å². The Bertz CT molecular complexity index is 473. The fraction of sp³-hybridized carbons (Fsp3) is 0.562. The number of benzene rings is 1. The lowest BCUT2D eigenvalue weighted by Gasteiger charge is -2.28. The second kappa shape index (κ2) is 7.27. The number of ether oxygens (including phenoxy) is 2. The SMILES string of the molecule is CCO[C@@](C)(C(=O)Nc1ccc(OCCBr)cc1)C1CC1. The van der Waals surface area contributed by atoms with Crippen LogP contribution in [0.5, 0.6) is 5.75 Å². The molecule has 1 aromatic rings. The molecule has 21 heavy (non-hydrogen) atoms. The first-order valence-electron chi connectivity index (χ1n) is 7.34. The van der Waals surface area contributed by atoms with Gasteiger partial charge in [-0.25, -0.2) is 0 Å². The highest BCUT2D eigenvalue weighted by Crippen LogP contribution is 2.42. The summed E-state index contributed by atoms with van der Waals surface area (Å²) in [7, 11) is 0. The summed E-state index contributed by atoms with van der Waals surface area (Å²) in [5, 5.41) is 3.73. The first-order valence-corrected chi connectivity index (χ1v) is 8.46. The van der Waals surface area contributed by atoms with Gasteiger partial charge in [0, 0.05) is 17.6 Å². The van der Waals surface area contributed by atoms with Gasteiger partial charge in [-0.15, -0.1) is 0 Å². The molecule has 1 aliphatic carbocycles. The lowest BCUT2D eigenvalue weighted by molar-refractivity contribution is -0.141. The second-order valence-corrected chi connectivity index (χ2v) is 6.12. The van der Waals surface area contributed by atoms with Crippen LogP contribution in [0.3, 0.4) is 0 Å². The molecule has 5 heteroatoms. The van der Waals surface area contributed by atoms with Crippen molar-refractivity contribution >= 4 is 27.5 Å². The van der Waals surface area contributed by atoms with Crippen molar-refractivity contribution in [2.24, 2.45) is 5.92 Å². The predicted octanol–water partition coefficient (Wildman–Crippen LogP) is 3.60. The molecule has 0 radical (unpaired) electrons. The Morgan fingerprint density at radius 3 is 2.57 bits per heavy atom. The van der Waals surface area contributed by atoms with Crippen LogP contribution in [0.15, 0.2) is 24.3 Å². The number of carbonyl (C=O) groups excluding carboxylic acids is 1. The van der Waals surface area contributed by atoms with Crippen LogP contribution < -0.4 is 10.1 Å². The Labute approximate surface area is 134 Å². The highest BCUT2D eigenvalue weighted by Gasteiger charge is 2.48. The number of alkyl halides is 1. The van der Waals surface area contributed by atoms with Crippen molar-refractivity contribution in [2.75, 3.05) is 23.9 Å². The molecule has 0 spiro atoms. The van der Waals surface area contributed by atoms with Gasteiger partial charge in [-0.05, 0) is 56.9 Å². The van der Waals surface area contributed by atoms with E-state index in [-0.39, 0.29) is 5.91 Å². The zero-order valence-corrected chi connectivity index (χ0v) is 14.1. The monoisotopic (exact) mass is 355 g/mol. The maximum atomic E-state index is 12.5. The Morgan fingerprint density at radius 1 is 1.38 bits per heavy atom. The van der Waals surface area contributed by atoms with Gasteiger partial charge in [-0.3, -0.25) is 4.79 Å². The van der Waals surface area contributed by atoms with Crippen LogP contribution in [0.25, 0.3) is 0 Å². The van der Waals surface area contributed by atoms with Crippen molar-refractivity contribution in [3.8, 4) is 5.75 Å². The molecule has 1 saturated carbocycles. The molecule has 1 fully saturated rings. The number of carbonyl (C=O) groups is 1. The topological polar surface area (TPSA) is 47.6 Å².